The molecular weight excluding hydrogens is 207 g/mol. The molecule has 0 atom stereocenters. The van der Waals surface area contributed by atoms with Gasteiger partial charge in [-0.15, -0.1) is 0 Å². The topological polar surface area (TPSA) is 32.3 Å². The van der Waals surface area contributed by atoms with E-state index < -0.39 is 0 Å². The Kier molecular flexibility index (Phi) is 2.52. The fourth-order valence-electron chi connectivity index (χ4n) is 0.571. The molecule has 0 spiro atoms. The molecule has 62 valence electrons. The molecule has 0 saturated carbocycles. The number of hydrogen-bond acceptors (Lipinski definition) is 4. The third-order valence-corrected chi connectivity index (χ3v) is 3.02. The maximum absolute atomic E-state index is 4.33. The molecule has 1 heterocycles. The van der Waals surface area contributed by atoms with Gasteiger partial charge in [0.1, 0.15) is 0 Å². The fraction of sp³-hybridized carbons (Fsp3) is 0.667. The minimum atomic E-state index is 0.184. The number of aromatic nitrogens is 2. The van der Waals surface area contributed by atoms with Gasteiger partial charge in [-0.05, 0) is 0 Å². The zero-order chi connectivity index (χ0) is 8.43. The van der Waals surface area contributed by atoms with Crippen molar-refractivity contribution in [1.29, 1.82) is 0 Å². The van der Waals surface area contributed by atoms with Gasteiger partial charge in [0, 0.05) is 0 Å². The van der Waals surface area contributed by atoms with Crippen LogP contribution in [0.2, 0.25) is 0 Å². The van der Waals surface area contributed by atoms with E-state index in [0.29, 0.717) is 0 Å². The van der Waals surface area contributed by atoms with Crippen LogP contribution in [0.3, 0.4) is 0 Å². The van der Waals surface area contributed by atoms with Crippen LogP contribution in [0.5, 0.6) is 0 Å². The van der Waals surface area contributed by atoms with Crippen molar-refractivity contribution in [2.75, 3.05) is 38.0 Å². The minimum absolute atomic E-state index is 0.184. The van der Waals surface area contributed by atoms with Gasteiger partial charge in [-0.1, -0.05) is 0 Å². The quantitative estimate of drug-likeness (QED) is 0.637. The van der Waals surface area contributed by atoms with Crippen LogP contribution in [0.25, 0.3) is 0 Å². The summed E-state index contributed by atoms with van der Waals surface area (Å²) in [5.41, 5.74) is 0. The van der Waals surface area contributed by atoms with Gasteiger partial charge in [0.05, 0.1) is 0 Å². The van der Waals surface area contributed by atoms with Gasteiger partial charge in [0.25, 0.3) is 0 Å². The van der Waals surface area contributed by atoms with Gasteiger partial charge in [-0.3, -0.25) is 0 Å². The molecule has 4 nitrogen and oxygen atoms in total. The van der Waals surface area contributed by atoms with E-state index in [1.54, 1.807) is 0 Å². The first kappa shape index (κ1) is 8.56. The summed E-state index contributed by atoms with van der Waals surface area (Å²) in [5, 5.41) is 0. The van der Waals surface area contributed by atoms with Crippen LogP contribution in [-0.4, -0.2) is 51.9 Å². The standard InChI is InChI=1S/C6H12N4Se/c1-9(2)5-7-6(10(3)4)11-8-5/h1-4H3. The van der Waals surface area contributed by atoms with E-state index in [-0.39, 0.29) is 14.7 Å². The molecule has 0 aliphatic rings. The van der Waals surface area contributed by atoms with Crippen molar-refractivity contribution in [2.45, 2.75) is 0 Å². The molecule has 0 unspecified atom stereocenters. The first-order valence-electron chi connectivity index (χ1n) is 3.29. The number of nitrogens with zero attached hydrogens (tertiary/aromatic N) is 4. The Morgan fingerprint density at radius 3 is 2.00 bits per heavy atom. The van der Waals surface area contributed by atoms with Crippen LogP contribution in [0.1, 0.15) is 0 Å². The molecule has 5 heteroatoms. The van der Waals surface area contributed by atoms with Crippen molar-refractivity contribution in [3.8, 4) is 0 Å². The van der Waals surface area contributed by atoms with E-state index in [0.717, 1.165) is 10.6 Å². The molecule has 0 aliphatic carbocycles. The summed E-state index contributed by atoms with van der Waals surface area (Å²) in [6.45, 7) is 0. The molecule has 0 amide bonds. The summed E-state index contributed by atoms with van der Waals surface area (Å²) < 4.78 is 5.38. The van der Waals surface area contributed by atoms with Crippen molar-refractivity contribution in [3.05, 3.63) is 0 Å². The van der Waals surface area contributed by atoms with Crippen molar-refractivity contribution in [3.63, 3.8) is 0 Å². The van der Waals surface area contributed by atoms with Gasteiger partial charge in [0.15, 0.2) is 0 Å². The third-order valence-electron chi connectivity index (χ3n) is 1.19. The van der Waals surface area contributed by atoms with Crippen LogP contribution in [-0.2, 0) is 0 Å². The molecule has 0 bridgehead atoms. The van der Waals surface area contributed by atoms with E-state index >= 15 is 0 Å². The third kappa shape index (κ3) is 1.94. The number of hydrogen-bond donors (Lipinski definition) is 0. The zero-order valence-electron chi connectivity index (χ0n) is 7.20. The van der Waals surface area contributed by atoms with Gasteiger partial charge < -0.3 is 0 Å². The molecule has 1 rings (SSSR count). The van der Waals surface area contributed by atoms with E-state index in [9.17, 15) is 0 Å². The molecule has 1 aromatic heterocycles. The summed E-state index contributed by atoms with van der Waals surface area (Å²) in [7, 11) is 7.90. The average molecular weight is 219 g/mol. The van der Waals surface area contributed by atoms with Crippen LogP contribution in [0, 0.1) is 0 Å². The molecule has 0 saturated heterocycles. The molecule has 0 aromatic carbocycles. The average Bonchev–Trinajstić information content (AvgIpc) is 2.33. The first-order chi connectivity index (χ1) is 5.11. The Morgan fingerprint density at radius 1 is 1.09 bits per heavy atom. The van der Waals surface area contributed by atoms with Crippen LogP contribution in [0.4, 0.5) is 10.6 Å². The predicted molar refractivity (Wildman–Crippen MR) is 47.6 cm³/mol. The van der Waals surface area contributed by atoms with Gasteiger partial charge >= 0.3 is 72.3 Å². The van der Waals surface area contributed by atoms with Gasteiger partial charge in [-0.25, -0.2) is 0 Å². The van der Waals surface area contributed by atoms with Crippen LogP contribution in [0.15, 0.2) is 0 Å². The molecule has 1 aromatic rings. The fourth-order valence-corrected chi connectivity index (χ4v) is 1.94. The predicted octanol–water partition coefficient (Wildman–Crippen LogP) is -0.334. The van der Waals surface area contributed by atoms with Crippen molar-refractivity contribution < 1.29 is 0 Å². The molecule has 11 heavy (non-hydrogen) atoms. The zero-order valence-corrected chi connectivity index (χ0v) is 8.91. The molecule has 0 N–H and O–H groups in total. The van der Waals surface area contributed by atoms with Crippen molar-refractivity contribution in [1.82, 2.24) is 8.96 Å². The Labute approximate surface area is 72.8 Å². The Morgan fingerprint density at radius 2 is 1.73 bits per heavy atom. The van der Waals surface area contributed by atoms with E-state index in [1.165, 1.54) is 0 Å². The van der Waals surface area contributed by atoms with Crippen LogP contribution >= 0.6 is 0 Å². The summed E-state index contributed by atoms with van der Waals surface area (Å²) >= 11 is 0.184. The number of rotatable bonds is 2. The summed E-state index contributed by atoms with van der Waals surface area (Å²) in [4.78, 5) is 8.28. The second-order valence-electron chi connectivity index (χ2n) is 2.67. The SMILES string of the molecule is CN(C)c1n[se]c(N(C)C)n1. The summed E-state index contributed by atoms with van der Waals surface area (Å²) in [6, 6.07) is 0. The van der Waals surface area contributed by atoms with Gasteiger partial charge in [-0.2, -0.15) is 0 Å². The van der Waals surface area contributed by atoms with Crippen LogP contribution < -0.4 is 9.80 Å². The summed E-state index contributed by atoms with van der Waals surface area (Å²) in [5.74, 6) is 0.841. The molecule has 0 radical (unpaired) electrons. The van der Waals surface area contributed by atoms with Crippen molar-refractivity contribution >= 4 is 25.4 Å². The monoisotopic (exact) mass is 220 g/mol. The second-order valence-corrected chi connectivity index (χ2v) is 4.20. The molecule has 0 aliphatic heterocycles. The Bertz CT molecular complexity index is 208. The second kappa shape index (κ2) is 3.24. The first-order valence-corrected chi connectivity index (χ1v) is 4.92. The number of anilines is 2. The van der Waals surface area contributed by atoms with E-state index in [4.69, 9.17) is 0 Å². The Balaban J connectivity index is 2.82. The van der Waals surface area contributed by atoms with E-state index in [2.05, 4.69) is 8.96 Å². The van der Waals surface area contributed by atoms with Gasteiger partial charge in [0.2, 0.25) is 0 Å². The maximum atomic E-state index is 4.33. The Hall–Kier alpha value is -0.541. The molecule has 0 fully saturated rings. The molecular formula is C6H12N4Se. The summed E-state index contributed by atoms with van der Waals surface area (Å²) in [6.07, 6.45) is 0. The van der Waals surface area contributed by atoms with E-state index in [1.807, 2.05) is 38.0 Å². The van der Waals surface area contributed by atoms with Crippen molar-refractivity contribution in [2.24, 2.45) is 0 Å². The normalized spacial score (nSPS) is 9.82.